The summed E-state index contributed by atoms with van der Waals surface area (Å²) < 4.78 is 5.48. The second-order valence-corrected chi connectivity index (χ2v) is 5.40. The van der Waals surface area contributed by atoms with Crippen LogP contribution in [0.1, 0.15) is 13.8 Å². The summed E-state index contributed by atoms with van der Waals surface area (Å²) >= 11 is 1.38. The molecular formula is C14H17N3O2S. The lowest BCUT2D eigenvalue weighted by Crippen LogP contribution is -2.22. The van der Waals surface area contributed by atoms with Crippen LogP contribution in [0.3, 0.4) is 0 Å². The first-order valence-corrected chi connectivity index (χ1v) is 7.27. The van der Waals surface area contributed by atoms with E-state index >= 15 is 0 Å². The minimum absolute atomic E-state index is 0.0847. The second-order valence-electron chi connectivity index (χ2n) is 4.07. The van der Waals surface area contributed by atoms with Gasteiger partial charge in [0, 0.05) is 12.4 Å². The van der Waals surface area contributed by atoms with Crippen LogP contribution in [-0.2, 0) is 4.79 Å². The first kappa shape index (κ1) is 14.5. The lowest BCUT2D eigenvalue weighted by molar-refractivity contribution is -0.115. The molecule has 1 heterocycles. The summed E-state index contributed by atoms with van der Waals surface area (Å²) in [5, 5.41) is 3.35. The third-order valence-electron chi connectivity index (χ3n) is 2.58. The number of nitrogens with zero attached hydrogens (tertiary/aromatic N) is 1. The van der Waals surface area contributed by atoms with E-state index in [4.69, 9.17) is 4.74 Å². The normalized spacial score (nSPS) is 11.9. The average Bonchev–Trinajstić information content (AvgIpc) is 2.94. The number of aromatic amines is 1. The highest BCUT2D eigenvalue weighted by Crippen LogP contribution is 2.26. The van der Waals surface area contributed by atoms with Gasteiger partial charge in [0.15, 0.2) is 5.16 Å². The molecule has 20 heavy (non-hydrogen) atoms. The van der Waals surface area contributed by atoms with Gasteiger partial charge in [-0.3, -0.25) is 4.79 Å². The maximum atomic E-state index is 12.2. The van der Waals surface area contributed by atoms with Crippen LogP contribution in [0.5, 0.6) is 5.75 Å². The van der Waals surface area contributed by atoms with Gasteiger partial charge in [-0.1, -0.05) is 23.9 Å². The predicted molar refractivity (Wildman–Crippen MR) is 80.1 cm³/mol. The third-order valence-corrected chi connectivity index (χ3v) is 3.59. The van der Waals surface area contributed by atoms with Crippen LogP contribution in [0.2, 0.25) is 0 Å². The molecule has 0 aliphatic carbocycles. The van der Waals surface area contributed by atoms with Crippen LogP contribution in [-0.4, -0.2) is 27.7 Å². The number of amides is 1. The number of carbonyl (C=O) groups is 1. The summed E-state index contributed by atoms with van der Waals surface area (Å²) in [5.41, 5.74) is 0.686. The van der Waals surface area contributed by atoms with Gasteiger partial charge in [-0.25, -0.2) is 4.98 Å². The highest BCUT2D eigenvalue weighted by Gasteiger charge is 2.17. The standard InChI is InChI=1S/C14H17N3O2S/c1-3-19-12-7-5-4-6-11(12)17-13(18)10(2)20-14-15-8-9-16-14/h4-10H,3H2,1-2H3,(H,15,16)(H,17,18). The van der Waals surface area contributed by atoms with Crippen LogP contribution in [0.15, 0.2) is 41.8 Å². The molecule has 5 nitrogen and oxygen atoms in total. The van der Waals surface area contributed by atoms with E-state index in [9.17, 15) is 4.79 Å². The highest BCUT2D eigenvalue weighted by atomic mass is 32.2. The van der Waals surface area contributed by atoms with E-state index in [0.717, 1.165) is 5.16 Å². The molecule has 0 aliphatic rings. The van der Waals surface area contributed by atoms with Crippen molar-refractivity contribution in [1.82, 2.24) is 9.97 Å². The van der Waals surface area contributed by atoms with E-state index in [1.165, 1.54) is 11.8 Å². The van der Waals surface area contributed by atoms with Crippen molar-refractivity contribution >= 4 is 23.4 Å². The van der Waals surface area contributed by atoms with Crippen LogP contribution in [0, 0.1) is 0 Å². The Kier molecular flexibility index (Phi) is 5.06. The molecule has 2 rings (SSSR count). The quantitative estimate of drug-likeness (QED) is 0.803. The van der Waals surface area contributed by atoms with Gasteiger partial charge < -0.3 is 15.0 Å². The zero-order chi connectivity index (χ0) is 14.4. The maximum absolute atomic E-state index is 12.2. The van der Waals surface area contributed by atoms with Crippen molar-refractivity contribution in [2.45, 2.75) is 24.3 Å². The lowest BCUT2D eigenvalue weighted by atomic mass is 10.3. The highest BCUT2D eigenvalue weighted by molar-refractivity contribution is 8.00. The number of hydrogen-bond donors (Lipinski definition) is 2. The topological polar surface area (TPSA) is 67.0 Å². The number of H-pyrrole nitrogens is 1. The average molecular weight is 291 g/mol. The van der Waals surface area contributed by atoms with E-state index in [1.54, 1.807) is 12.4 Å². The number of ether oxygens (including phenoxy) is 1. The molecule has 0 radical (unpaired) electrons. The molecule has 0 spiro atoms. The van der Waals surface area contributed by atoms with Crippen molar-refractivity contribution in [2.75, 3.05) is 11.9 Å². The number of imidazole rings is 1. The Morgan fingerprint density at radius 2 is 2.30 bits per heavy atom. The van der Waals surface area contributed by atoms with Crippen molar-refractivity contribution in [3.63, 3.8) is 0 Å². The molecule has 6 heteroatoms. The largest absolute Gasteiger partial charge is 0.492 e. The number of hydrogen-bond acceptors (Lipinski definition) is 4. The summed E-state index contributed by atoms with van der Waals surface area (Å²) in [6, 6.07) is 7.40. The van der Waals surface area contributed by atoms with E-state index < -0.39 is 0 Å². The van der Waals surface area contributed by atoms with Gasteiger partial charge in [-0.2, -0.15) is 0 Å². The molecule has 1 unspecified atom stereocenters. The number of anilines is 1. The summed E-state index contributed by atoms with van der Waals surface area (Å²) in [6.07, 6.45) is 3.40. The van der Waals surface area contributed by atoms with Gasteiger partial charge >= 0.3 is 0 Å². The van der Waals surface area contributed by atoms with Crippen LogP contribution in [0.4, 0.5) is 5.69 Å². The number of nitrogens with one attached hydrogen (secondary N) is 2. The Balaban J connectivity index is 2.00. The van der Waals surface area contributed by atoms with Crippen molar-refractivity contribution in [3.05, 3.63) is 36.7 Å². The molecule has 106 valence electrons. The minimum Gasteiger partial charge on any atom is -0.492 e. The first-order valence-electron chi connectivity index (χ1n) is 6.39. The molecule has 0 saturated heterocycles. The monoisotopic (exact) mass is 291 g/mol. The molecule has 1 aromatic heterocycles. The van der Waals surface area contributed by atoms with Crippen LogP contribution >= 0.6 is 11.8 Å². The zero-order valence-corrected chi connectivity index (χ0v) is 12.2. The Morgan fingerprint density at radius 3 is 3.00 bits per heavy atom. The number of carbonyl (C=O) groups excluding carboxylic acids is 1. The summed E-state index contributed by atoms with van der Waals surface area (Å²) in [5.74, 6) is 0.595. The molecule has 0 aliphatic heterocycles. The summed E-state index contributed by atoms with van der Waals surface area (Å²) in [6.45, 7) is 4.31. The van der Waals surface area contributed by atoms with Crippen molar-refractivity contribution in [2.24, 2.45) is 0 Å². The SMILES string of the molecule is CCOc1ccccc1NC(=O)C(C)Sc1ncc[nH]1. The van der Waals surface area contributed by atoms with Crippen LogP contribution < -0.4 is 10.1 Å². The molecule has 1 amide bonds. The molecule has 1 aromatic carbocycles. The molecule has 0 saturated carbocycles. The molecular weight excluding hydrogens is 274 g/mol. The van der Waals surface area contributed by atoms with Gasteiger partial charge in [-0.05, 0) is 26.0 Å². The van der Waals surface area contributed by atoms with Gasteiger partial charge in [0.05, 0.1) is 17.5 Å². The van der Waals surface area contributed by atoms with Gasteiger partial charge in [-0.15, -0.1) is 0 Å². The molecule has 0 bridgehead atoms. The third kappa shape index (κ3) is 3.77. The molecule has 2 aromatic rings. The summed E-state index contributed by atoms with van der Waals surface area (Å²) in [7, 11) is 0. The molecule has 1 atom stereocenters. The first-order chi connectivity index (χ1) is 9.70. The van der Waals surface area contributed by atoms with Crippen molar-refractivity contribution in [3.8, 4) is 5.75 Å². The van der Waals surface area contributed by atoms with Crippen molar-refractivity contribution < 1.29 is 9.53 Å². The fourth-order valence-corrected chi connectivity index (χ4v) is 2.38. The zero-order valence-electron chi connectivity index (χ0n) is 11.4. The minimum atomic E-state index is -0.254. The molecule has 0 fully saturated rings. The van der Waals surface area contributed by atoms with E-state index in [1.807, 2.05) is 38.1 Å². The number of benzene rings is 1. The fourth-order valence-electron chi connectivity index (χ4n) is 1.62. The maximum Gasteiger partial charge on any atom is 0.237 e. The smallest absolute Gasteiger partial charge is 0.237 e. The Labute approximate surface area is 122 Å². The van der Waals surface area contributed by atoms with E-state index in [2.05, 4.69) is 15.3 Å². The van der Waals surface area contributed by atoms with Crippen LogP contribution in [0.25, 0.3) is 0 Å². The summed E-state index contributed by atoms with van der Waals surface area (Å²) in [4.78, 5) is 19.2. The second kappa shape index (κ2) is 7.00. The Bertz CT molecular complexity index is 557. The Hall–Kier alpha value is -1.95. The number of thioether (sulfide) groups is 1. The fraction of sp³-hybridized carbons (Fsp3) is 0.286. The number of aromatic nitrogens is 2. The predicted octanol–water partition coefficient (Wildman–Crippen LogP) is 2.93. The van der Waals surface area contributed by atoms with Gasteiger partial charge in [0.2, 0.25) is 5.91 Å². The van der Waals surface area contributed by atoms with Gasteiger partial charge in [0.1, 0.15) is 5.75 Å². The van der Waals surface area contributed by atoms with Crippen molar-refractivity contribution in [1.29, 1.82) is 0 Å². The number of rotatable bonds is 6. The lowest BCUT2D eigenvalue weighted by Gasteiger charge is -2.13. The van der Waals surface area contributed by atoms with E-state index in [0.29, 0.717) is 18.0 Å². The Morgan fingerprint density at radius 1 is 1.50 bits per heavy atom. The van der Waals surface area contributed by atoms with Gasteiger partial charge in [0.25, 0.3) is 0 Å². The number of para-hydroxylation sites is 2. The van der Waals surface area contributed by atoms with E-state index in [-0.39, 0.29) is 11.2 Å². The molecule has 2 N–H and O–H groups in total.